The van der Waals surface area contributed by atoms with Crippen molar-refractivity contribution >= 4 is 17.9 Å². The van der Waals surface area contributed by atoms with Gasteiger partial charge in [-0.25, -0.2) is 9.78 Å². The van der Waals surface area contributed by atoms with Crippen molar-refractivity contribution in [3.8, 4) is 0 Å². The molecular formula is C16H23N5O2. The van der Waals surface area contributed by atoms with Gasteiger partial charge in [-0.3, -0.25) is 0 Å². The molecule has 7 nitrogen and oxygen atoms in total. The quantitative estimate of drug-likeness (QED) is 0.842. The fourth-order valence-corrected chi connectivity index (χ4v) is 4.14. The van der Waals surface area contributed by atoms with Crippen LogP contribution in [0.2, 0.25) is 0 Å². The smallest absolute Gasteiger partial charge is 0.410 e. The molecule has 1 aromatic heterocycles. The number of piperidine rings is 1. The first-order valence-corrected chi connectivity index (χ1v) is 8.41. The van der Waals surface area contributed by atoms with E-state index in [0.717, 1.165) is 50.2 Å². The number of anilines is 2. The molecule has 2 aliphatic heterocycles. The van der Waals surface area contributed by atoms with E-state index in [1.54, 1.807) is 11.9 Å². The summed E-state index contributed by atoms with van der Waals surface area (Å²) in [5.74, 6) is 1.30. The van der Waals surface area contributed by atoms with Crippen molar-refractivity contribution in [3.05, 3.63) is 11.3 Å². The maximum absolute atomic E-state index is 11.8. The molecular weight excluding hydrogens is 294 g/mol. The van der Waals surface area contributed by atoms with Crippen LogP contribution in [0.25, 0.3) is 0 Å². The minimum Gasteiger partial charge on any atom is -0.439 e. The van der Waals surface area contributed by atoms with Crippen LogP contribution < -0.4 is 10.6 Å². The normalized spacial score (nSPS) is 27.3. The summed E-state index contributed by atoms with van der Waals surface area (Å²) in [6.07, 6.45) is 5.98. The predicted molar refractivity (Wildman–Crippen MR) is 86.4 cm³/mol. The van der Waals surface area contributed by atoms with Gasteiger partial charge in [0.1, 0.15) is 11.4 Å². The minimum atomic E-state index is -0.411. The lowest BCUT2D eigenvalue weighted by molar-refractivity contribution is 0.0445. The lowest BCUT2D eigenvalue weighted by Gasteiger charge is -2.40. The molecule has 2 N–H and O–H groups in total. The van der Waals surface area contributed by atoms with Gasteiger partial charge in [0.05, 0.1) is 18.8 Å². The van der Waals surface area contributed by atoms with E-state index in [9.17, 15) is 4.79 Å². The van der Waals surface area contributed by atoms with Crippen LogP contribution in [0.3, 0.4) is 0 Å². The number of ether oxygens (including phenoxy) is 1. The molecule has 4 rings (SSSR count). The molecule has 0 saturated carbocycles. The zero-order valence-corrected chi connectivity index (χ0v) is 13.5. The molecule has 1 atom stereocenters. The van der Waals surface area contributed by atoms with E-state index in [4.69, 9.17) is 10.5 Å². The molecule has 7 heteroatoms. The first-order chi connectivity index (χ1) is 11.1. The van der Waals surface area contributed by atoms with Gasteiger partial charge < -0.3 is 20.3 Å². The van der Waals surface area contributed by atoms with Gasteiger partial charge in [-0.2, -0.15) is 4.98 Å². The second-order valence-electron chi connectivity index (χ2n) is 6.97. The molecule has 1 amide bonds. The molecule has 1 aromatic rings. The van der Waals surface area contributed by atoms with E-state index in [1.165, 1.54) is 12.0 Å². The number of hydrogen-bond acceptors (Lipinski definition) is 6. The van der Waals surface area contributed by atoms with Crippen LogP contribution in [-0.2, 0) is 17.6 Å². The van der Waals surface area contributed by atoms with Gasteiger partial charge in [-0.15, -0.1) is 0 Å². The fraction of sp³-hybridized carbons (Fsp3) is 0.688. The van der Waals surface area contributed by atoms with Crippen molar-refractivity contribution in [3.63, 3.8) is 0 Å². The Hall–Kier alpha value is -2.05. The highest BCUT2D eigenvalue weighted by atomic mass is 16.6. The Morgan fingerprint density at radius 3 is 2.78 bits per heavy atom. The number of likely N-dealkylation sites (N-methyl/N-ethyl adjacent to an activating group) is 1. The van der Waals surface area contributed by atoms with E-state index >= 15 is 0 Å². The number of nitrogens with zero attached hydrogens (tertiary/aromatic N) is 4. The zero-order chi connectivity index (χ0) is 16.0. The number of carbonyl (C=O) groups excluding carboxylic acids is 1. The van der Waals surface area contributed by atoms with E-state index in [-0.39, 0.29) is 6.09 Å². The van der Waals surface area contributed by atoms with E-state index in [1.807, 2.05) is 0 Å². The second-order valence-corrected chi connectivity index (χ2v) is 6.97. The standard InChI is InChI=1S/C16H23N5O2/c1-20-9-16(23-15(20)22)7-4-8-21(10-16)13-11-5-2-3-6-12(11)18-14(17)19-13/h2-10H2,1H3,(H2,17,18,19)/t16-/m0/s1. The Morgan fingerprint density at radius 1 is 1.17 bits per heavy atom. The van der Waals surface area contributed by atoms with Gasteiger partial charge in [0.25, 0.3) is 0 Å². The number of aryl methyl sites for hydroxylation is 1. The Balaban J connectivity index is 1.66. The van der Waals surface area contributed by atoms with Gasteiger partial charge in [0.2, 0.25) is 5.95 Å². The summed E-state index contributed by atoms with van der Waals surface area (Å²) in [5, 5.41) is 0. The van der Waals surface area contributed by atoms with E-state index in [2.05, 4.69) is 14.9 Å². The van der Waals surface area contributed by atoms with Crippen molar-refractivity contribution in [2.75, 3.05) is 37.3 Å². The minimum absolute atomic E-state index is 0.226. The topological polar surface area (TPSA) is 84.6 Å². The maximum atomic E-state index is 11.8. The summed E-state index contributed by atoms with van der Waals surface area (Å²) in [5.41, 5.74) is 7.86. The average molecular weight is 317 g/mol. The molecule has 23 heavy (non-hydrogen) atoms. The molecule has 2 fully saturated rings. The van der Waals surface area contributed by atoms with Crippen LogP contribution >= 0.6 is 0 Å². The first kappa shape index (κ1) is 14.5. The van der Waals surface area contributed by atoms with Crippen molar-refractivity contribution in [1.29, 1.82) is 0 Å². The van der Waals surface area contributed by atoms with Crippen molar-refractivity contribution in [2.45, 2.75) is 44.1 Å². The summed E-state index contributed by atoms with van der Waals surface area (Å²) < 4.78 is 5.70. The Morgan fingerprint density at radius 2 is 2.00 bits per heavy atom. The molecule has 0 aromatic carbocycles. The zero-order valence-electron chi connectivity index (χ0n) is 13.5. The molecule has 2 saturated heterocycles. The lowest BCUT2D eigenvalue weighted by Crippen LogP contribution is -2.51. The van der Waals surface area contributed by atoms with Crippen LogP contribution in [0, 0.1) is 0 Å². The summed E-state index contributed by atoms with van der Waals surface area (Å²) >= 11 is 0. The number of nitrogens with two attached hydrogens (primary N) is 1. The number of hydrogen-bond donors (Lipinski definition) is 1. The molecule has 124 valence electrons. The van der Waals surface area contributed by atoms with Crippen molar-refractivity contribution < 1.29 is 9.53 Å². The van der Waals surface area contributed by atoms with Gasteiger partial charge >= 0.3 is 6.09 Å². The molecule has 0 unspecified atom stereocenters. The monoisotopic (exact) mass is 317 g/mol. The average Bonchev–Trinajstić information content (AvgIpc) is 2.80. The van der Waals surface area contributed by atoms with Gasteiger partial charge in [-0.05, 0) is 38.5 Å². The van der Waals surface area contributed by atoms with E-state index < -0.39 is 5.60 Å². The summed E-state index contributed by atoms with van der Waals surface area (Å²) in [6, 6.07) is 0. The number of amides is 1. The summed E-state index contributed by atoms with van der Waals surface area (Å²) in [7, 11) is 1.79. The van der Waals surface area contributed by atoms with E-state index in [0.29, 0.717) is 19.0 Å². The number of carbonyl (C=O) groups is 1. The number of fused-ring (bicyclic) bond motifs is 1. The Kier molecular flexibility index (Phi) is 3.32. The molecule has 1 aliphatic carbocycles. The Labute approximate surface area is 135 Å². The Bertz CT molecular complexity index is 650. The van der Waals surface area contributed by atoms with Crippen molar-refractivity contribution in [2.24, 2.45) is 0 Å². The summed E-state index contributed by atoms with van der Waals surface area (Å²) in [6.45, 7) is 2.25. The molecule has 3 heterocycles. The molecule has 3 aliphatic rings. The molecule has 1 spiro atoms. The van der Waals surface area contributed by atoms with Crippen molar-refractivity contribution in [1.82, 2.24) is 14.9 Å². The lowest BCUT2D eigenvalue weighted by atomic mass is 9.91. The van der Waals surface area contributed by atoms with Crippen LogP contribution in [-0.4, -0.2) is 53.2 Å². The van der Waals surface area contributed by atoms with Crippen LogP contribution in [0.5, 0.6) is 0 Å². The molecule has 0 bridgehead atoms. The first-order valence-electron chi connectivity index (χ1n) is 8.41. The van der Waals surface area contributed by atoms with Crippen LogP contribution in [0.4, 0.5) is 16.6 Å². The number of rotatable bonds is 1. The summed E-state index contributed by atoms with van der Waals surface area (Å²) in [4.78, 5) is 24.7. The third-order valence-electron chi connectivity index (χ3n) is 5.16. The van der Waals surface area contributed by atoms with Crippen LogP contribution in [0.15, 0.2) is 0 Å². The molecule has 0 radical (unpaired) electrons. The fourth-order valence-electron chi connectivity index (χ4n) is 4.14. The predicted octanol–water partition coefficient (Wildman–Crippen LogP) is 1.36. The van der Waals surface area contributed by atoms with Gasteiger partial charge in [0, 0.05) is 19.2 Å². The van der Waals surface area contributed by atoms with Gasteiger partial charge in [0.15, 0.2) is 0 Å². The van der Waals surface area contributed by atoms with Crippen LogP contribution in [0.1, 0.15) is 36.9 Å². The highest BCUT2D eigenvalue weighted by molar-refractivity contribution is 5.70. The largest absolute Gasteiger partial charge is 0.439 e. The SMILES string of the molecule is CN1C[C@]2(CCCN(c3nc(N)nc4c3CCCC4)C2)OC1=O. The number of nitrogen functional groups attached to an aromatic ring is 1. The second kappa shape index (κ2) is 5.25. The number of aromatic nitrogens is 2. The highest BCUT2D eigenvalue weighted by Gasteiger charge is 2.47. The maximum Gasteiger partial charge on any atom is 0.410 e. The third kappa shape index (κ3) is 2.48. The van der Waals surface area contributed by atoms with Gasteiger partial charge in [-0.1, -0.05) is 0 Å². The third-order valence-corrected chi connectivity index (χ3v) is 5.16. The highest BCUT2D eigenvalue weighted by Crippen LogP contribution is 2.36.